The molecule has 0 saturated heterocycles. The van der Waals surface area contributed by atoms with Crippen molar-refractivity contribution in [1.82, 2.24) is 25.6 Å². The van der Waals surface area contributed by atoms with E-state index in [9.17, 15) is 9.59 Å². The van der Waals surface area contributed by atoms with Crippen LogP contribution in [0.1, 0.15) is 30.8 Å². The molecule has 1 unspecified atom stereocenters. The van der Waals surface area contributed by atoms with E-state index in [1.807, 2.05) is 13.8 Å². The molecule has 1 aromatic heterocycles. The van der Waals surface area contributed by atoms with Crippen molar-refractivity contribution in [3.05, 3.63) is 11.9 Å². The smallest absolute Gasteiger partial charge is 0.274 e. The van der Waals surface area contributed by atoms with E-state index < -0.39 is 11.9 Å². The molecule has 1 heterocycles. The molecule has 0 radical (unpaired) electrons. The van der Waals surface area contributed by atoms with Gasteiger partial charge in [0.05, 0.1) is 12.7 Å². The highest BCUT2D eigenvalue weighted by Crippen LogP contribution is 2.06. The molecule has 0 aliphatic carbocycles. The Balaban J connectivity index is 2.71. The molecule has 1 aromatic rings. The van der Waals surface area contributed by atoms with Gasteiger partial charge in [-0.15, -0.1) is 5.10 Å². The Kier molecular flexibility index (Phi) is 6.10. The Hall–Kier alpha value is -1.96. The van der Waals surface area contributed by atoms with Crippen molar-refractivity contribution in [3.8, 4) is 0 Å². The molecule has 1 rings (SSSR count). The molecule has 0 aromatic carbocycles. The highest BCUT2D eigenvalue weighted by Gasteiger charge is 2.22. The molecule has 20 heavy (non-hydrogen) atoms. The summed E-state index contributed by atoms with van der Waals surface area (Å²) in [5.41, 5.74) is 5.57. The number of hydrogen-bond donors (Lipinski definition) is 3. The van der Waals surface area contributed by atoms with E-state index in [4.69, 9.17) is 5.73 Å². The van der Waals surface area contributed by atoms with Crippen LogP contribution in [0.5, 0.6) is 0 Å². The Labute approximate surface area is 118 Å². The highest BCUT2D eigenvalue weighted by molar-refractivity contribution is 5.95. The van der Waals surface area contributed by atoms with Crippen LogP contribution in [0.4, 0.5) is 0 Å². The molecule has 4 N–H and O–H groups in total. The predicted octanol–water partition coefficient (Wildman–Crippen LogP) is -0.873. The van der Waals surface area contributed by atoms with Crippen LogP contribution in [0.15, 0.2) is 6.20 Å². The van der Waals surface area contributed by atoms with E-state index in [1.54, 1.807) is 7.05 Å². The van der Waals surface area contributed by atoms with Gasteiger partial charge in [0.2, 0.25) is 5.91 Å². The van der Waals surface area contributed by atoms with Crippen LogP contribution in [-0.2, 0) is 11.3 Å². The Morgan fingerprint density at radius 2 is 2.15 bits per heavy atom. The van der Waals surface area contributed by atoms with Crippen LogP contribution in [0, 0.1) is 5.92 Å². The van der Waals surface area contributed by atoms with E-state index in [0.29, 0.717) is 19.5 Å². The zero-order valence-electron chi connectivity index (χ0n) is 12.1. The number of amides is 2. The molecule has 0 saturated carbocycles. The predicted molar refractivity (Wildman–Crippen MR) is 73.9 cm³/mol. The highest BCUT2D eigenvalue weighted by atomic mass is 16.2. The molecule has 0 spiro atoms. The molecule has 2 amide bonds. The average molecular weight is 282 g/mol. The number of hydrogen-bond acceptors (Lipinski definition) is 5. The average Bonchev–Trinajstić information content (AvgIpc) is 2.85. The van der Waals surface area contributed by atoms with Crippen LogP contribution in [0.2, 0.25) is 0 Å². The van der Waals surface area contributed by atoms with Crippen molar-refractivity contribution < 1.29 is 9.59 Å². The second kappa shape index (κ2) is 7.59. The minimum absolute atomic E-state index is 0.177. The standard InChI is InChI=1S/C12H22N6O2/c1-8(2)6-9(11(19)14-3)15-12(20)10-7-18(5-4-13)17-16-10/h7-9H,4-6,13H2,1-3H3,(H,14,19)(H,15,20). The molecule has 0 aliphatic rings. The summed E-state index contributed by atoms with van der Waals surface area (Å²) in [5, 5.41) is 12.8. The molecule has 8 heteroatoms. The maximum absolute atomic E-state index is 12.0. The van der Waals surface area contributed by atoms with Crippen LogP contribution in [0.25, 0.3) is 0 Å². The third-order valence-electron chi connectivity index (χ3n) is 2.70. The van der Waals surface area contributed by atoms with Crippen molar-refractivity contribution in [2.75, 3.05) is 13.6 Å². The van der Waals surface area contributed by atoms with Gasteiger partial charge in [-0.1, -0.05) is 19.1 Å². The van der Waals surface area contributed by atoms with Crippen molar-refractivity contribution in [2.45, 2.75) is 32.9 Å². The molecular formula is C12H22N6O2. The zero-order valence-corrected chi connectivity index (χ0v) is 12.1. The Morgan fingerprint density at radius 1 is 1.45 bits per heavy atom. The third kappa shape index (κ3) is 4.61. The van der Waals surface area contributed by atoms with Gasteiger partial charge < -0.3 is 16.4 Å². The van der Waals surface area contributed by atoms with Crippen LogP contribution >= 0.6 is 0 Å². The number of nitrogens with zero attached hydrogens (tertiary/aromatic N) is 3. The first-order chi connectivity index (χ1) is 9.47. The third-order valence-corrected chi connectivity index (χ3v) is 2.70. The molecule has 8 nitrogen and oxygen atoms in total. The number of nitrogens with one attached hydrogen (secondary N) is 2. The number of likely N-dealkylation sites (N-methyl/N-ethyl adjacent to an activating group) is 1. The SMILES string of the molecule is CNC(=O)C(CC(C)C)NC(=O)c1cn(CCN)nn1. The maximum Gasteiger partial charge on any atom is 0.274 e. The lowest BCUT2D eigenvalue weighted by atomic mass is 10.0. The van der Waals surface area contributed by atoms with E-state index in [-0.39, 0.29) is 17.5 Å². The molecule has 1 atom stereocenters. The summed E-state index contributed by atoms with van der Waals surface area (Å²) in [5.74, 6) is -0.352. The minimum atomic E-state index is -0.577. The lowest BCUT2D eigenvalue weighted by Gasteiger charge is -2.18. The van der Waals surface area contributed by atoms with Gasteiger partial charge in [-0.05, 0) is 12.3 Å². The van der Waals surface area contributed by atoms with Crippen LogP contribution in [0.3, 0.4) is 0 Å². The lowest BCUT2D eigenvalue weighted by Crippen LogP contribution is -2.46. The first kappa shape index (κ1) is 16.1. The molecule has 0 bridgehead atoms. The van der Waals surface area contributed by atoms with Crippen molar-refractivity contribution in [2.24, 2.45) is 11.7 Å². The quantitative estimate of drug-likeness (QED) is 0.601. The van der Waals surface area contributed by atoms with Crippen LogP contribution < -0.4 is 16.4 Å². The fraction of sp³-hybridized carbons (Fsp3) is 0.667. The van der Waals surface area contributed by atoms with E-state index in [2.05, 4.69) is 20.9 Å². The monoisotopic (exact) mass is 282 g/mol. The van der Waals surface area contributed by atoms with Crippen molar-refractivity contribution in [1.29, 1.82) is 0 Å². The Morgan fingerprint density at radius 3 is 2.70 bits per heavy atom. The number of aromatic nitrogens is 3. The minimum Gasteiger partial charge on any atom is -0.357 e. The fourth-order valence-corrected chi connectivity index (χ4v) is 1.75. The number of carbonyl (C=O) groups excluding carboxylic acids is 2. The van der Waals surface area contributed by atoms with Gasteiger partial charge in [0, 0.05) is 13.6 Å². The number of carbonyl (C=O) groups is 2. The summed E-state index contributed by atoms with van der Waals surface area (Å²) < 4.78 is 1.49. The molecule has 0 aliphatic heterocycles. The molecule has 0 fully saturated rings. The van der Waals surface area contributed by atoms with E-state index in [0.717, 1.165) is 0 Å². The van der Waals surface area contributed by atoms with Crippen LogP contribution in [-0.4, -0.2) is 46.4 Å². The number of nitrogens with two attached hydrogens (primary N) is 1. The molecule has 112 valence electrons. The van der Waals surface area contributed by atoms with Crippen molar-refractivity contribution in [3.63, 3.8) is 0 Å². The zero-order chi connectivity index (χ0) is 15.1. The second-order valence-corrected chi connectivity index (χ2v) is 4.93. The first-order valence-corrected chi connectivity index (χ1v) is 6.60. The van der Waals surface area contributed by atoms with E-state index >= 15 is 0 Å². The normalized spacial score (nSPS) is 12.2. The summed E-state index contributed by atoms with van der Waals surface area (Å²) >= 11 is 0. The summed E-state index contributed by atoms with van der Waals surface area (Å²) in [4.78, 5) is 23.8. The Bertz CT molecular complexity index is 457. The van der Waals surface area contributed by atoms with Gasteiger partial charge >= 0.3 is 0 Å². The summed E-state index contributed by atoms with van der Waals surface area (Å²) in [7, 11) is 1.54. The van der Waals surface area contributed by atoms with Gasteiger partial charge in [-0.3, -0.25) is 14.3 Å². The van der Waals surface area contributed by atoms with Crippen molar-refractivity contribution >= 4 is 11.8 Å². The van der Waals surface area contributed by atoms with Gasteiger partial charge in [-0.2, -0.15) is 0 Å². The van der Waals surface area contributed by atoms with Gasteiger partial charge in [0.15, 0.2) is 5.69 Å². The largest absolute Gasteiger partial charge is 0.357 e. The van der Waals surface area contributed by atoms with Gasteiger partial charge in [0.25, 0.3) is 5.91 Å². The maximum atomic E-state index is 12.0. The fourth-order valence-electron chi connectivity index (χ4n) is 1.75. The summed E-state index contributed by atoms with van der Waals surface area (Å²) in [6.45, 7) is 4.88. The summed E-state index contributed by atoms with van der Waals surface area (Å²) in [6.07, 6.45) is 2.07. The second-order valence-electron chi connectivity index (χ2n) is 4.93. The summed E-state index contributed by atoms with van der Waals surface area (Å²) in [6, 6.07) is -0.577. The first-order valence-electron chi connectivity index (χ1n) is 6.60. The van der Waals surface area contributed by atoms with E-state index in [1.165, 1.54) is 10.9 Å². The lowest BCUT2D eigenvalue weighted by molar-refractivity contribution is -0.122. The topological polar surface area (TPSA) is 115 Å². The van der Waals surface area contributed by atoms with Gasteiger partial charge in [0.1, 0.15) is 6.04 Å². The number of rotatable bonds is 7. The molecular weight excluding hydrogens is 260 g/mol. The van der Waals surface area contributed by atoms with Gasteiger partial charge in [-0.25, -0.2) is 0 Å².